The molecule has 0 aliphatic carbocycles. The molecule has 1 N–H and O–H groups in total. The molecule has 2 atom stereocenters. The van der Waals surface area contributed by atoms with Crippen molar-refractivity contribution in [1.29, 1.82) is 0 Å². The number of nitrogens with zero attached hydrogens (tertiary/aromatic N) is 1. The summed E-state index contributed by atoms with van der Waals surface area (Å²) in [7, 11) is -1.93. The Kier molecular flexibility index (Phi) is 5.74. The topological polar surface area (TPSA) is 59.0 Å². The minimum atomic E-state index is -1.93. The number of aliphatic hydroxyl groups is 1. The zero-order chi connectivity index (χ0) is 17.3. The monoisotopic (exact) mass is 331 g/mol. The smallest absolute Gasteiger partial charge is 0.410 e. The van der Waals surface area contributed by atoms with Crippen molar-refractivity contribution >= 4 is 14.4 Å². The van der Waals surface area contributed by atoms with Gasteiger partial charge >= 0.3 is 6.09 Å². The van der Waals surface area contributed by atoms with Crippen molar-refractivity contribution in [1.82, 2.24) is 4.90 Å². The van der Waals surface area contributed by atoms with E-state index in [-0.39, 0.29) is 29.8 Å². The first-order valence-corrected chi connectivity index (χ1v) is 10.9. The molecule has 1 rings (SSSR count). The third kappa shape index (κ3) is 4.96. The molecule has 0 unspecified atom stereocenters. The first kappa shape index (κ1) is 19.5. The molecule has 0 aromatic carbocycles. The molecule has 1 heterocycles. The summed E-state index contributed by atoms with van der Waals surface area (Å²) in [6.07, 6.45) is -0.439. The van der Waals surface area contributed by atoms with Gasteiger partial charge in [0.05, 0.1) is 12.7 Å². The number of likely N-dealkylation sites (tertiary alicyclic amines) is 1. The molecule has 1 fully saturated rings. The van der Waals surface area contributed by atoms with Crippen LogP contribution in [-0.4, -0.2) is 55.8 Å². The van der Waals surface area contributed by atoms with Gasteiger partial charge in [0.15, 0.2) is 8.32 Å². The summed E-state index contributed by atoms with van der Waals surface area (Å²) in [5.41, 5.74) is -0.510. The number of rotatable bonds is 3. The zero-order valence-corrected chi connectivity index (χ0v) is 16.4. The van der Waals surface area contributed by atoms with E-state index in [4.69, 9.17) is 9.16 Å². The number of carbonyl (C=O) groups is 1. The van der Waals surface area contributed by atoms with Gasteiger partial charge in [0.2, 0.25) is 0 Å². The third-order valence-electron chi connectivity index (χ3n) is 4.52. The summed E-state index contributed by atoms with van der Waals surface area (Å²) in [5, 5.41) is 9.73. The lowest BCUT2D eigenvalue weighted by molar-refractivity contribution is 0.0272. The lowest BCUT2D eigenvalue weighted by Crippen LogP contribution is -2.46. The van der Waals surface area contributed by atoms with Gasteiger partial charge in [-0.25, -0.2) is 4.79 Å². The van der Waals surface area contributed by atoms with Crippen molar-refractivity contribution in [2.45, 2.75) is 71.4 Å². The van der Waals surface area contributed by atoms with Crippen molar-refractivity contribution in [2.75, 3.05) is 19.7 Å². The molecular weight excluding hydrogens is 298 g/mol. The number of ether oxygens (including phenoxy) is 1. The maximum absolute atomic E-state index is 12.2. The van der Waals surface area contributed by atoms with Gasteiger partial charge in [-0.1, -0.05) is 20.8 Å². The summed E-state index contributed by atoms with van der Waals surface area (Å²) in [6.45, 7) is 17.5. The van der Waals surface area contributed by atoms with Crippen molar-refractivity contribution < 1.29 is 19.1 Å². The second-order valence-corrected chi connectivity index (χ2v) is 13.5. The van der Waals surface area contributed by atoms with Crippen LogP contribution in [0.5, 0.6) is 0 Å². The van der Waals surface area contributed by atoms with Crippen LogP contribution in [0.25, 0.3) is 0 Å². The van der Waals surface area contributed by atoms with Crippen LogP contribution in [0.1, 0.15) is 41.5 Å². The highest BCUT2D eigenvalue weighted by Crippen LogP contribution is 2.39. The number of aliphatic hydroxyl groups excluding tert-OH is 1. The van der Waals surface area contributed by atoms with Gasteiger partial charge in [0, 0.05) is 19.0 Å². The molecule has 6 heteroatoms. The van der Waals surface area contributed by atoms with Crippen LogP contribution in [-0.2, 0) is 9.16 Å². The first-order valence-electron chi connectivity index (χ1n) is 8.03. The maximum Gasteiger partial charge on any atom is 0.410 e. The van der Waals surface area contributed by atoms with Gasteiger partial charge < -0.3 is 19.2 Å². The molecule has 1 aliphatic heterocycles. The first-order chi connectivity index (χ1) is 9.77. The van der Waals surface area contributed by atoms with Gasteiger partial charge in [-0.05, 0) is 38.9 Å². The van der Waals surface area contributed by atoms with Gasteiger partial charge in [0.25, 0.3) is 0 Å². The quantitative estimate of drug-likeness (QED) is 0.807. The molecule has 0 bridgehead atoms. The molecule has 1 amide bonds. The lowest BCUT2D eigenvalue weighted by Gasteiger charge is -2.39. The molecule has 1 saturated heterocycles. The number of hydrogen-bond acceptors (Lipinski definition) is 4. The number of carbonyl (C=O) groups excluding carboxylic acids is 1. The molecule has 0 aromatic rings. The predicted octanol–water partition coefficient (Wildman–Crippen LogP) is 3.24. The zero-order valence-electron chi connectivity index (χ0n) is 15.4. The van der Waals surface area contributed by atoms with Crippen LogP contribution in [0.2, 0.25) is 18.1 Å². The Bertz CT molecular complexity index is 398. The summed E-state index contributed by atoms with van der Waals surface area (Å²) in [4.78, 5) is 13.9. The number of hydrogen-bond donors (Lipinski definition) is 1. The SMILES string of the molecule is CC(C)(C)OC(=O)N1C[C@@H](CO)[C@H](O[Si](C)(C)C(C)(C)C)C1. The van der Waals surface area contributed by atoms with E-state index in [1.165, 1.54) is 0 Å². The normalized spacial score (nSPS) is 23.8. The van der Waals surface area contributed by atoms with Crippen LogP contribution < -0.4 is 0 Å². The minimum absolute atomic E-state index is 0.0264. The second-order valence-electron chi connectivity index (χ2n) is 8.74. The van der Waals surface area contributed by atoms with Gasteiger partial charge in [-0.3, -0.25) is 0 Å². The largest absolute Gasteiger partial charge is 0.444 e. The molecule has 5 nitrogen and oxygen atoms in total. The molecule has 1 aliphatic rings. The van der Waals surface area contributed by atoms with E-state index in [0.29, 0.717) is 13.1 Å². The standard InChI is InChI=1S/C16H33NO4Si/c1-15(2,3)20-14(19)17-9-12(11-18)13(10-17)21-22(7,8)16(4,5)6/h12-13,18H,9-11H2,1-8H3/t12-,13+/m0/s1. The van der Waals surface area contributed by atoms with Gasteiger partial charge in [0.1, 0.15) is 5.60 Å². The van der Waals surface area contributed by atoms with Crippen molar-refractivity contribution in [3.63, 3.8) is 0 Å². The Hall–Kier alpha value is -0.593. The maximum atomic E-state index is 12.2. The van der Waals surface area contributed by atoms with Crippen molar-refractivity contribution in [3.8, 4) is 0 Å². The predicted molar refractivity (Wildman–Crippen MR) is 90.5 cm³/mol. The van der Waals surface area contributed by atoms with E-state index < -0.39 is 13.9 Å². The molecule has 0 aromatic heterocycles. The van der Waals surface area contributed by atoms with Gasteiger partial charge in [-0.15, -0.1) is 0 Å². The summed E-state index contributed by atoms with van der Waals surface area (Å²) < 4.78 is 11.8. The van der Waals surface area contributed by atoms with Crippen LogP contribution in [0.4, 0.5) is 4.79 Å². The highest BCUT2D eigenvalue weighted by atomic mass is 28.4. The van der Waals surface area contributed by atoms with E-state index in [2.05, 4.69) is 33.9 Å². The summed E-state index contributed by atoms with van der Waals surface area (Å²) in [5.74, 6) is -0.0401. The van der Waals surface area contributed by atoms with E-state index in [1.54, 1.807) is 4.90 Å². The molecule has 0 spiro atoms. The van der Waals surface area contributed by atoms with Crippen LogP contribution in [0.3, 0.4) is 0 Å². The Morgan fingerprint density at radius 3 is 2.14 bits per heavy atom. The van der Waals surface area contributed by atoms with Crippen molar-refractivity contribution in [3.05, 3.63) is 0 Å². The second kappa shape index (κ2) is 6.49. The fraction of sp³-hybridized carbons (Fsp3) is 0.938. The molecule has 0 radical (unpaired) electrons. The van der Waals surface area contributed by atoms with E-state index in [9.17, 15) is 9.90 Å². The fourth-order valence-electron chi connectivity index (χ4n) is 2.18. The van der Waals surface area contributed by atoms with E-state index in [1.807, 2.05) is 20.8 Å². The lowest BCUT2D eigenvalue weighted by atomic mass is 10.1. The van der Waals surface area contributed by atoms with Gasteiger partial charge in [-0.2, -0.15) is 0 Å². The van der Waals surface area contributed by atoms with Crippen LogP contribution in [0, 0.1) is 5.92 Å². The minimum Gasteiger partial charge on any atom is -0.444 e. The Morgan fingerprint density at radius 2 is 1.73 bits per heavy atom. The fourth-order valence-corrected chi connectivity index (χ4v) is 3.56. The highest BCUT2D eigenvalue weighted by molar-refractivity contribution is 6.74. The third-order valence-corrected chi connectivity index (χ3v) is 9.02. The molecule has 0 saturated carbocycles. The highest BCUT2D eigenvalue weighted by Gasteiger charge is 2.44. The molecule has 130 valence electrons. The molecule has 22 heavy (non-hydrogen) atoms. The van der Waals surface area contributed by atoms with E-state index >= 15 is 0 Å². The van der Waals surface area contributed by atoms with Crippen LogP contribution >= 0.6 is 0 Å². The average molecular weight is 332 g/mol. The Morgan fingerprint density at radius 1 is 1.18 bits per heavy atom. The average Bonchev–Trinajstić information content (AvgIpc) is 2.67. The van der Waals surface area contributed by atoms with Crippen molar-refractivity contribution in [2.24, 2.45) is 5.92 Å². The summed E-state index contributed by atoms with van der Waals surface area (Å²) >= 11 is 0. The summed E-state index contributed by atoms with van der Waals surface area (Å²) in [6, 6.07) is 0. The van der Waals surface area contributed by atoms with E-state index in [0.717, 1.165) is 0 Å². The Labute approximate surface area is 136 Å². The molecular formula is C16H33NO4Si. The van der Waals surface area contributed by atoms with Crippen LogP contribution in [0.15, 0.2) is 0 Å². The number of amides is 1. The Balaban J connectivity index is 2.76.